The van der Waals surface area contributed by atoms with Crippen molar-refractivity contribution in [3.8, 4) is 5.75 Å². The van der Waals surface area contributed by atoms with Crippen molar-refractivity contribution in [2.24, 2.45) is 5.92 Å². The summed E-state index contributed by atoms with van der Waals surface area (Å²) in [4.78, 5) is 8.05. The van der Waals surface area contributed by atoms with E-state index >= 15 is 0 Å². The van der Waals surface area contributed by atoms with E-state index in [1.165, 1.54) is 6.33 Å². The zero-order chi connectivity index (χ0) is 13.3. The van der Waals surface area contributed by atoms with Crippen LogP contribution in [0, 0.1) is 5.92 Å². The fraction of sp³-hybridized carbons (Fsp3) is 0.333. The molecule has 0 amide bonds. The van der Waals surface area contributed by atoms with Crippen LogP contribution in [-0.2, 0) is 5.60 Å². The first-order chi connectivity index (χ1) is 9.25. The molecule has 1 aliphatic carbocycles. The molecule has 2 aromatic rings. The van der Waals surface area contributed by atoms with E-state index in [1.54, 1.807) is 19.5 Å². The van der Waals surface area contributed by atoms with E-state index < -0.39 is 5.60 Å². The van der Waals surface area contributed by atoms with Gasteiger partial charge in [0.25, 0.3) is 0 Å². The van der Waals surface area contributed by atoms with Crippen molar-refractivity contribution in [1.82, 2.24) is 9.97 Å². The lowest BCUT2D eigenvalue weighted by Crippen LogP contribution is -2.30. The average molecular weight is 256 g/mol. The number of nitrogens with zero attached hydrogens (tertiary/aromatic N) is 2. The summed E-state index contributed by atoms with van der Waals surface area (Å²) >= 11 is 0. The second kappa shape index (κ2) is 4.63. The lowest BCUT2D eigenvalue weighted by molar-refractivity contribution is 0.0556. The monoisotopic (exact) mass is 256 g/mol. The first-order valence-corrected chi connectivity index (χ1v) is 6.37. The quantitative estimate of drug-likeness (QED) is 0.910. The minimum atomic E-state index is -0.993. The maximum atomic E-state index is 11.1. The molecule has 98 valence electrons. The van der Waals surface area contributed by atoms with Gasteiger partial charge in [-0.05, 0) is 36.5 Å². The highest BCUT2D eigenvalue weighted by Gasteiger charge is 2.46. The molecule has 1 aliphatic rings. The Labute approximate surface area is 112 Å². The van der Waals surface area contributed by atoms with Gasteiger partial charge in [0, 0.05) is 18.0 Å². The Kier molecular flexibility index (Phi) is 2.95. The summed E-state index contributed by atoms with van der Waals surface area (Å²) in [5.41, 5.74) is 0.626. The Hall–Kier alpha value is -1.94. The Morgan fingerprint density at radius 3 is 2.26 bits per heavy atom. The Balaban J connectivity index is 2.05. The van der Waals surface area contributed by atoms with Gasteiger partial charge in [-0.3, -0.25) is 0 Å². The van der Waals surface area contributed by atoms with Crippen LogP contribution >= 0.6 is 0 Å². The first-order valence-electron chi connectivity index (χ1n) is 6.37. The fourth-order valence-electron chi connectivity index (χ4n) is 2.48. The van der Waals surface area contributed by atoms with Gasteiger partial charge in [0.1, 0.15) is 17.7 Å². The summed E-state index contributed by atoms with van der Waals surface area (Å²) in [7, 11) is 1.63. The van der Waals surface area contributed by atoms with Crippen molar-refractivity contribution in [3.05, 3.63) is 54.1 Å². The zero-order valence-corrected chi connectivity index (χ0v) is 10.8. The highest BCUT2D eigenvalue weighted by Crippen LogP contribution is 2.49. The molecular formula is C15H16N2O2. The van der Waals surface area contributed by atoms with Crippen LogP contribution in [0.3, 0.4) is 0 Å². The average Bonchev–Trinajstić information content (AvgIpc) is 3.32. The number of hydrogen-bond acceptors (Lipinski definition) is 4. The smallest absolute Gasteiger partial charge is 0.120 e. The van der Waals surface area contributed by atoms with Crippen LogP contribution in [0.1, 0.15) is 24.0 Å². The number of ether oxygens (including phenoxy) is 1. The highest BCUT2D eigenvalue weighted by atomic mass is 16.5. The van der Waals surface area contributed by atoms with E-state index in [2.05, 4.69) is 9.97 Å². The topological polar surface area (TPSA) is 55.2 Å². The van der Waals surface area contributed by atoms with Crippen LogP contribution in [0.25, 0.3) is 0 Å². The second-order valence-electron chi connectivity index (χ2n) is 4.90. The molecule has 0 spiro atoms. The molecule has 0 aliphatic heterocycles. The molecule has 4 heteroatoms. The SMILES string of the molecule is COc1ccc([C@@](O)(c2cncnc2)C2CC2)cc1. The van der Waals surface area contributed by atoms with E-state index in [0.29, 0.717) is 0 Å². The molecule has 4 nitrogen and oxygen atoms in total. The maximum Gasteiger partial charge on any atom is 0.120 e. The summed E-state index contributed by atoms with van der Waals surface area (Å²) < 4.78 is 5.16. The van der Waals surface area contributed by atoms with Gasteiger partial charge in [-0.2, -0.15) is 0 Å². The molecule has 1 fully saturated rings. The minimum absolute atomic E-state index is 0.242. The molecule has 19 heavy (non-hydrogen) atoms. The molecule has 1 aromatic heterocycles. The van der Waals surface area contributed by atoms with Crippen molar-refractivity contribution in [2.45, 2.75) is 18.4 Å². The van der Waals surface area contributed by atoms with Gasteiger partial charge in [-0.1, -0.05) is 12.1 Å². The Morgan fingerprint density at radius 2 is 1.74 bits per heavy atom. The third kappa shape index (κ3) is 2.08. The second-order valence-corrected chi connectivity index (χ2v) is 4.90. The number of methoxy groups -OCH3 is 1. The molecule has 0 radical (unpaired) electrons. The third-order valence-electron chi connectivity index (χ3n) is 3.70. The van der Waals surface area contributed by atoms with Crippen LogP contribution in [0.2, 0.25) is 0 Å². The van der Waals surface area contributed by atoms with Gasteiger partial charge in [-0.15, -0.1) is 0 Å². The molecule has 1 aromatic carbocycles. The molecule has 1 saturated carbocycles. The lowest BCUT2D eigenvalue weighted by Gasteiger charge is -2.28. The van der Waals surface area contributed by atoms with Crippen molar-refractivity contribution in [3.63, 3.8) is 0 Å². The van der Waals surface area contributed by atoms with E-state index in [0.717, 1.165) is 29.7 Å². The highest BCUT2D eigenvalue weighted by molar-refractivity contribution is 5.39. The summed E-state index contributed by atoms with van der Waals surface area (Å²) in [6.07, 6.45) is 6.91. The Morgan fingerprint density at radius 1 is 1.11 bits per heavy atom. The summed E-state index contributed by atoms with van der Waals surface area (Å²) in [6.45, 7) is 0. The van der Waals surface area contributed by atoms with Crippen molar-refractivity contribution in [2.75, 3.05) is 7.11 Å². The van der Waals surface area contributed by atoms with E-state index in [-0.39, 0.29) is 5.92 Å². The van der Waals surface area contributed by atoms with Crippen LogP contribution in [-0.4, -0.2) is 22.2 Å². The standard InChI is InChI=1S/C15H16N2O2/c1-19-14-6-4-12(5-7-14)15(18,11-2-3-11)13-8-16-10-17-9-13/h4-11,18H,2-3H2,1H3/t15-/m1/s1. The van der Waals surface area contributed by atoms with Crippen LogP contribution < -0.4 is 4.74 Å². The number of aliphatic hydroxyl groups is 1. The summed E-state index contributed by atoms with van der Waals surface area (Å²) in [5, 5.41) is 11.1. The number of benzene rings is 1. The van der Waals surface area contributed by atoms with Crippen molar-refractivity contribution in [1.29, 1.82) is 0 Å². The van der Waals surface area contributed by atoms with Crippen LogP contribution in [0.5, 0.6) is 5.75 Å². The third-order valence-corrected chi connectivity index (χ3v) is 3.70. The molecule has 1 atom stereocenters. The number of rotatable bonds is 4. The predicted molar refractivity (Wildman–Crippen MR) is 70.7 cm³/mol. The molecule has 1 heterocycles. The molecule has 1 N–H and O–H groups in total. The van der Waals surface area contributed by atoms with E-state index in [4.69, 9.17) is 4.74 Å². The predicted octanol–water partition coefficient (Wildman–Crippen LogP) is 2.13. The van der Waals surface area contributed by atoms with Crippen LogP contribution in [0.4, 0.5) is 0 Å². The van der Waals surface area contributed by atoms with Gasteiger partial charge in [0.15, 0.2) is 0 Å². The van der Waals surface area contributed by atoms with Gasteiger partial charge < -0.3 is 9.84 Å². The van der Waals surface area contributed by atoms with Gasteiger partial charge in [-0.25, -0.2) is 9.97 Å². The van der Waals surface area contributed by atoms with Crippen molar-refractivity contribution >= 4 is 0 Å². The van der Waals surface area contributed by atoms with E-state index in [9.17, 15) is 5.11 Å². The minimum Gasteiger partial charge on any atom is -0.497 e. The molecule has 0 saturated heterocycles. The van der Waals surface area contributed by atoms with Gasteiger partial charge in [0.05, 0.1) is 7.11 Å². The zero-order valence-electron chi connectivity index (χ0n) is 10.8. The van der Waals surface area contributed by atoms with Gasteiger partial charge in [0.2, 0.25) is 0 Å². The maximum absolute atomic E-state index is 11.1. The van der Waals surface area contributed by atoms with Crippen molar-refractivity contribution < 1.29 is 9.84 Å². The molecule has 0 unspecified atom stereocenters. The normalized spacial score (nSPS) is 17.8. The first kappa shape index (κ1) is 12.1. The molecule has 0 bridgehead atoms. The lowest BCUT2D eigenvalue weighted by atomic mass is 9.83. The van der Waals surface area contributed by atoms with Gasteiger partial charge >= 0.3 is 0 Å². The fourth-order valence-corrected chi connectivity index (χ4v) is 2.48. The largest absolute Gasteiger partial charge is 0.497 e. The summed E-state index contributed by atoms with van der Waals surface area (Å²) in [6, 6.07) is 7.55. The van der Waals surface area contributed by atoms with Crippen LogP contribution in [0.15, 0.2) is 43.0 Å². The molecular weight excluding hydrogens is 240 g/mol. The van der Waals surface area contributed by atoms with E-state index in [1.807, 2.05) is 24.3 Å². The number of hydrogen-bond donors (Lipinski definition) is 1. The molecule has 3 rings (SSSR count). The Bertz CT molecular complexity index is 552. The number of aromatic nitrogens is 2. The summed E-state index contributed by atoms with van der Waals surface area (Å²) in [5.74, 6) is 1.03.